The van der Waals surface area contributed by atoms with Gasteiger partial charge in [0.15, 0.2) is 11.6 Å². The van der Waals surface area contributed by atoms with Gasteiger partial charge >= 0.3 is 0 Å². The molecule has 1 aliphatic carbocycles. The van der Waals surface area contributed by atoms with Gasteiger partial charge in [-0.15, -0.1) is 0 Å². The number of ketones is 2. The molecule has 0 aromatic heterocycles. The second-order valence-corrected chi connectivity index (χ2v) is 13.3. The molecule has 0 saturated carbocycles. The van der Waals surface area contributed by atoms with Gasteiger partial charge in [-0.2, -0.15) is 0 Å². The molecule has 3 aliphatic heterocycles. The third-order valence-electron chi connectivity index (χ3n) is 11.1. The van der Waals surface area contributed by atoms with Crippen molar-refractivity contribution in [3.8, 4) is 0 Å². The number of benzene rings is 4. The van der Waals surface area contributed by atoms with Crippen LogP contribution in [0.4, 0.5) is 0 Å². The van der Waals surface area contributed by atoms with Gasteiger partial charge in [0.25, 0.3) is 0 Å². The number of likely N-dealkylation sites (tertiary alicyclic amines) is 1. The Morgan fingerprint density at radius 3 is 2.35 bits per heavy atom. The Kier molecular flexibility index (Phi) is 5.95. The standard InChI is InChI=1S/C39H38N2O2/c1-25-12-4-6-14-28(25)22-29-23-40(3)24-38(36(29)42)35(30-17-7-5-13-26(30)2)33-20-8-9-21-41(33)39(38)32-19-11-16-27-15-10-18-31(34(27)32)37(39)43/h4-7,10-19,22,33,35H,8-9,20-21,23-24H2,1-3H3/b29-22+/t33-,35-,38-,39-/m0/s1. The average Bonchev–Trinajstić information content (AvgIpc) is 3.42. The van der Waals surface area contributed by atoms with Crippen molar-refractivity contribution in [1.82, 2.24) is 9.80 Å². The molecule has 3 heterocycles. The molecule has 43 heavy (non-hydrogen) atoms. The second-order valence-electron chi connectivity index (χ2n) is 13.3. The predicted molar refractivity (Wildman–Crippen MR) is 172 cm³/mol. The third-order valence-corrected chi connectivity index (χ3v) is 11.1. The molecule has 4 heteroatoms. The van der Waals surface area contributed by atoms with Gasteiger partial charge in [0.2, 0.25) is 0 Å². The minimum absolute atomic E-state index is 0.0959. The summed E-state index contributed by atoms with van der Waals surface area (Å²) in [5, 5.41) is 2.12. The Hall–Kier alpha value is -3.86. The van der Waals surface area contributed by atoms with Gasteiger partial charge in [0, 0.05) is 36.2 Å². The van der Waals surface area contributed by atoms with Gasteiger partial charge in [-0.1, -0.05) is 91.3 Å². The summed E-state index contributed by atoms with van der Waals surface area (Å²) in [6, 6.07) is 29.5. The zero-order valence-corrected chi connectivity index (χ0v) is 25.3. The van der Waals surface area contributed by atoms with Gasteiger partial charge in [0.05, 0.1) is 5.41 Å². The van der Waals surface area contributed by atoms with Crippen LogP contribution in [-0.2, 0) is 10.3 Å². The molecule has 0 radical (unpaired) electrons. The molecule has 3 saturated heterocycles. The first-order chi connectivity index (χ1) is 20.9. The zero-order valence-electron chi connectivity index (χ0n) is 25.3. The second kappa shape index (κ2) is 9.57. The largest absolute Gasteiger partial charge is 0.301 e. The summed E-state index contributed by atoms with van der Waals surface area (Å²) in [4.78, 5) is 36.0. The van der Waals surface area contributed by atoms with Crippen LogP contribution in [0.15, 0.2) is 90.5 Å². The van der Waals surface area contributed by atoms with Crippen molar-refractivity contribution in [1.29, 1.82) is 0 Å². The van der Waals surface area contributed by atoms with Crippen molar-refractivity contribution in [3.05, 3.63) is 124 Å². The highest BCUT2D eigenvalue weighted by Gasteiger charge is 2.77. The Labute approximate surface area is 254 Å². The summed E-state index contributed by atoms with van der Waals surface area (Å²) >= 11 is 0. The highest BCUT2D eigenvalue weighted by atomic mass is 16.1. The van der Waals surface area contributed by atoms with Gasteiger partial charge in [-0.25, -0.2) is 0 Å². The number of hydrogen-bond acceptors (Lipinski definition) is 4. The van der Waals surface area contributed by atoms with E-state index in [0.717, 1.165) is 64.4 Å². The molecule has 0 unspecified atom stereocenters. The summed E-state index contributed by atoms with van der Waals surface area (Å²) < 4.78 is 0. The van der Waals surface area contributed by atoms with Crippen LogP contribution >= 0.6 is 0 Å². The number of piperidine rings is 2. The molecule has 4 aromatic rings. The predicted octanol–water partition coefficient (Wildman–Crippen LogP) is 7.08. The maximum atomic E-state index is 15.8. The Balaban J connectivity index is 1.49. The zero-order chi connectivity index (χ0) is 29.5. The normalized spacial score (nSPS) is 29.8. The lowest BCUT2D eigenvalue weighted by Crippen LogP contribution is -2.65. The molecular weight excluding hydrogens is 528 g/mol. The van der Waals surface area contributed by atoms with Crippen LogP contribution < -0.4 is 0 Å². The molecular formula is C39H38N2O2. The number of rotatable bonds is 2. The molecule has 216 valence electrons. The van der Waals surface area contributed by atoms with E-state index >= 15 is 9.59 Å². The highest BCUT2D eigenvalue weighted by Crippen LogP contribution is 2.69. The Bertz CT molecular complexity index is 1850. The summed E-state index contributed by atoms with van der Waals surface area (Å²) in [6.07, 6.45) is 5.24. The van der Waals surface area contributed by atoms with E-state index in [1.807, 2.05) is 24.3 Å². The van der Waals surface area contributed by atoms with Crippen LogP contribution in [0.3, 0.4) is 0 Å². The number of Topliss-reactive ketones (excluding diaryl/α,β-unsaturated/α-hetero) is 2. The number of aryl methyl sites for hydroxylation is 2. The van der Waals surface area contributed by atoms with Crippen LogP contribution in [0.2, 0.25) is 0 Å². The van der Waals surface area contributed by atoms with Gasteiger partial charge in [-0.3, -0.25) is 14.5 Å². The van der Waals surface area contributed by atoms with Crippen molar-refractivity contribution in [2.24, 2.45) is 5.41 Å². The van der Waals surface area contributed by atoms with E-state index in [9.17, 15) is 0 Å². The van der Waals surface area contributed by atoms with Crippen LogP contribution in [0, 0.1) is 19.3 Å². The lowest BCUT2D eigenvalue weighted by atomic mass is 9.54. The van der Waals surface area contributed by atoms with E-state index in [1.54, 1.807) is 0 Å². The van der Waals surface area contributed by atoms with Crippen molar-refractivity contribution < 1.29 is 9.59 Å². The molecule has 4 aromatic carbocycles. The lowest BCUT2D eigenvalue weighted by Gasteiger charge is -2.52. The number of likely N-dealkylation sites (N-methyl/N-ethyl adjacent to an activating group) is 1. The molecule has 0 bridgehead atoms. The fourth-order valence-corrected chi connectivity index (χ4v) is 9.58. The highest BCUT2D eigenvalue weighted by molar-refractivity contribution is 6.24. The number of carbonyl (C=O) groups is 2. The smallest absolute Gasteiger partial charge is 0.189 e. The maximum Gasteiger partial charge on any atom is 0.189 e. The first-order valence-electron chi connectivity index (χ1n) is 15.8. The first-order valence-corrected chi connectivity index (χ1v) is 15.8. The van der Waals surface area contributed by atoms with Crippen LogP contribution in [0.25, 0.3) is 16.8 Å². The summed E-state index contributed by atoms with van der Waals surface area (Å²) in [5.74, 6) is 0.147. The number of hydrogen-bond donors (Lipinski definition) is 0. The Morgan fingerprint density at radius 2 is 1.56 bits per heavy atom. The average molecular weight is 567 g/mol. The summed E-state index contributed by atoms with van der Waals surface area (Å²) in [5.41, 5.74) is 5.18. The number of nitrogens with zero attached hydrogens (tertiary/aromatic N) is 2. The van der Waals surface area contributed by atoms with Crippen molar-refractivity contribution >= 4 is 28.4 Å². The fraction of sp³-hybridized carbons (Fsp3) is 0.333. The van der Waals surface area contributed by atoms with Crippen LogP contribution in [0.5, 0.6) is 0 Å². The quantitative estimate of drug-likeness (QED) is 0.243. The van der Waals surface area contributed by atoms with E-state index in [0.29, 0.717) is 13.1 Å². The lowest BCUT2D eigenvalue weighted by molar-refractivity contribution is -0.134. The van der Waals surface area contributed by atoms with E-state index in [-0.39, 0.29) is 23.5 Å². The van der Waals surface area contributed by atoms with E-state index in [4.69, 9.17) is 0 Å². The number of carbonyl (C=O) groups excluding carboxylic acids is 2. The minimum atomic E-state index is -1.06. The molecule has 0 N–H and O–H groups in total. The van der Waals surface area contributed by atoms with E-state index in [2.05, 4.69) is 97.4 Å². The molecule has 4 atom stereocenters. The van der Waals surface area contributed by atoms with Gasteiger partial charge in [-0.05, 0) is 84.9 Å². The topological polar surface area (TPSA) is 40.6 Å². The maximum absolute atomic E-state index is 15.8. The van der Waals surface area contributed by atoms with Crippen molar-refractivity contribution in [3.63, 3.8) is 0 Å². The number of fused-ring (bicyclic) bond motifs is 4. The van der Waals surface area contributed by atoms with E-state index in [1.165, 1.54) is 11.1 Å². The molecule has 4 aliphatic rings. The van der Waals surface area contributed by atoms with Crippen LogP contribution in [-0.4, -0.2) is 54.1 Å². The SMILES string of the molecule is Cc1ccccc1/C=C1\CN(C)C[C@@]2(C1=O)[C@@H](c1ccccc1C)[C@@H]1CCCCN1[C@@]21C(=O)c2cccc3cccc1c23. The molecule has 3 fully saturated rings. The van der Waals surface area contributed by atoms with Gasteiger partial charge < -0.3 is 4.90 Å². The van der Waals surface area contributed by atoms with Crippen molar-refractivity contribution in [2.75, 3.05) is 26.7 Å². The Morgan fingerprint density at radius 1 is 0.814 bits per heavy atom. The summed E-state index contributed by atoms with van der Waals surface area (Å²) in [7, 11) is 2.13. The first kappa shape index (κ1) is 26.7. The third kappa shape index (κ3) is 3.39. The summed E-state index contributed by atoms with van der Waals surface area (Å²) in [6.45, 7) is 6.21. The van der Waals surface area contributed by atoms with E-state index < -0.39 is 11.0 Å². The van der Waals surface area contributed by atoms with Gasteiger partial charge in [0.1, 0.15) is 5.54 Å². The minimum Gasteiger partial charge on any atom is -0.301 e. The monoisotopic (exact) mass is 566 g/mol. The molecule has 0 amide bonds. The molecule has 4 nitrogen and oxygen atoms in total. The molecule has 8 rings (SSSR count). The van der Waals surface area contributed by atoms with Crippen molar-refractivity contribution in [2.45, 2.75) is 50.6 Å². The fourth-order valence-electron chi connectivity index (χ4n) is 9.58. The van der Waals surface area contributed by atoms with Crippen LogP contribution in [0.1, 0.15) is 63.4 Å². The molecule has 2 spiro atoms.